The lowest BCUT2D eigenvalue weighted by Crippen LogP contribution is -2.29. The lowest BCUT2D eigenvalue weighted by molar-refractivity contribution is 0.241. The molecule has 1 aliphatic rings. The summed E-state index contributed by atoms with van der Waals surface area (Å²) in [6, 6.07) is 5.13. The van der Waals surface area contributed by atoms with Gasteiger partial charge < -0.3 is 5.32 Å². The van der Waals surface area contributed by atoms with Crippen LogP contribution in [0, 0.1) is 0 Å². The SMILES string of the molecule is CNCc1cn(CCN(Cc2cccs2)C2CC2)nn1. The third kappa shape index (κ3) is 3.65. The molecule has 108 valence electrons. The van der Waals surface area contributed by atoms with Gasteiger partial charge in [0.05, 0.1) is 12.2 Å². The highest BCUT2D eigenvalue weighted by Crippen LogP contribution is 2.28. The number of aromatic nitrogens is 3. The number of thiophene rings is 1. The number of nitrogens with zero attached hydrogens (tertiary/aromatic N) is 4. The largest absolute Gasteiger partial charge is 0.314 e. The van der Waals surface area contributed by atoms with Gasteiger partial charge in [0.25, 0.3) is 0 Å². The third-order valence-electron chi connectivity index (χ3n) is 3.56. The van der Waals surface area contributed by atoms with E-state index in [1.54, 1.807) is 0 Å². The number of nitrogens with one attached hydrogen (secondary N) is 1. The maximum Gasteiger partial charge on any atom is 0.0964 e. The van der Waals surface area contributed by atoms with Crippen molar-refractivity contribution in [2.24, 2.45) is 0 Å². The summed E-state index contributed by atoms with van der Waals surface area (Å²) in [5, 5.41) is 13.6. The van der Waals surface area contributed by atoms with Gasteiger partial charge in [-0.2, -0.15) is 0 Å². The Morgan fingerprint density at radius 2 is 2.40 bits per heavy atom. The summed E-state index contributed by atoms with van der Waals surface area (Å²) in [5.74, 6) is 0. The Morgan fingerprint density at radius 3 is 3.10 bits per heavy atom. The van der Waals surface area contributed by atoms with Gasteiger partial charge in [-0.05, 0) is 31.3 Å². The van der Waals surface area contributed by atoms with Crippen molar-refractivity contribution in [3.63, 3.8) is 0 Å². The first-order valence-corrected chi connectivity index (χ1v) is 8.03. The zero-order valence-electron chi connectivity index (χ0n) is 11.8. The smallest absolute Gasteiger partial charge is 0.0964 e. The van der Waals surface area contributed by atoms with Crippen molar-refractivity contribution in [1.29, 1.82) is 0 Å². The molecule has 6 heteroatoms. The van der Waals surface area contributed by atoms with Gasteiger partial charge >= 0.3 is 0 Å². The van der Waals surface area contributed by atoms with Gasteiger partial charge in [-0.25, -0.2) is 0 Å². The maximum atomic E-state index is 4.19. The molecule has 0 spiro atoms. The van der Waals surface area contributed by atoms with E-state index in [2.05, 4.69) is 38.0 Å². The molecule has 0 saturated heterocycles. The van der Waals surface area contributed by atoms with E-state index >= 15 is 0 Å². The van der Waals surface area contributed by atoms with Gasteiger partial charge in [0.2, 0.25) is 0 Å². The first-order valence-electron chi connectivity index (χ1n) is 7.15. The molecule has 1 fully saturated rings. The highest BCUT2D eigenvalue weighted by molar-refractivity contribution is 7.09. The van der Waals surface area contributed by atoms with Crippen LogP contribution in [0.1, 0.15) is 23.4 Å². The fourth-order valence-corrected chi connectivity index (χ4v) is 3.10. The highest BCUT2D eigenvalue weighted by atomic mass is 32.1. The van der Waals surface area contributed by atoms with Crippen molar-refractivity contribution < 1.29 is 0 Å². The molecule has 20 heavy (non-hydrogen) atoms. The molecule has 5 nitrogen and oxygen atoms in total. The monoisotopic (exact) mass is 291 g/mol. The number of hydrogen-bond acceptors (Lipinski definition) is 5. The van der Waals surface area contributed by atoms with Crippen molar-refractivity contribution >= 4 is 11.3 Å². The van der Waals surface area contributed by atoms with Crippen LogP contribution in [0.4, 0.5) is 0 Å². The standard InChI is InChI=1S/C14H21N5S/c1-15-9-12-10-19(17-16-12)7-6-18(13-4-5-13)11-14-3-2-8-20-14/h2-3,8,10,13,15H,4-7,9,11H2,1H3. The molecule has 1 aliphatic carbocycles. The fourth-order valence-electron chi connectivity index (χ4n) is 2.37. The summed E-state index contributed by atoms with van der Waals surface area (Å²) in [5.41, 5.74) is 1.00. The first-order chi connectivity index (χ1) is 9.85. The van der Waals surface area contributed by atoms with Crippen molar-refractivity contribution in [3.8, 4) is 0 Å². The van der Waals surface area contributed by atoms with Crippen LogP contribution < -0.4 is 5.32 Å². The summed E-state index contributed by atoms with van der Waals surface area (Å²) in [6.07, 6.45) is 4.72. The van der Waals surface area contributed by atoms with E-state index in [9.17, 15) is 0 Å². The van der Waals surface area contributed by atoms with Crippen LogP contribution in [-0.2, 0) is 19.6 Å². The highest BCUT2D eigenvalue weighted by Gasteiger charge is 2.28. The Morgan fingerprint density at radius 1 is 1.50 bits per heavy atom. The van der Waals surface area contributed by atoms with Crippen LogP contribution in [0.2, 0.25) is 0 Å². The molecule has 2 aromatic rings. The second-order valence-electron chi connectivity index (χ2n) is 5.28. The molecule has 0 amide bonds. The fraction of sp³-hybridized carbons (Fsp3) is 0.571. The Bertz CT molecular complexity index is 517. The lowest BCUT2D eigenvalue weighted by atomic mass is 10.4. The minimum atomic E-state index is 0.775. The molecule has 2 heterocycles. The molecule has 0 atom stereocenters. The summed E-state index contributed by atoms with van der Waals surface area (Å²) in [7, 11) is 1.93. The van der Waals surface area contributed by atoms with Crippen molar-refractivity contribution in [3.05, 3.63) is 34.3 Å². The number of hydrogen-bond donors (Lipinski definition) is 1. The Kier molecular flexibility index (Phi) is 4.44. The minimum Gasteiger partial charge on any atom is -0.314 e. The van der Waals surface area contributed by atoms with E-state index in [0.29, 0.717) is 0 Å². The summed E-state index contributed by atoms with van der Waals surface area (Å²) in [4.78, 5) is 4.02. The van der Waals surface area contributed by atoms with E-state index in [1.807, 2.05) is 29.3 Å². The molecular formula is C14H21N5S. The molecular weight excluding hydrogens is 270 g/mol. The van der Waals surface area contributed by atoms with E-state index < -0.39 is 0 Å². The molecule has 0 radical (unpaired) electrons. The van der Waals surface area contributed by atoms with Gasteiger partial charge in [-0.3, -0.25) is 9.58 Å². The number of rotatable bonds is 8. The topological polar surface area (TPSA) is 46.0 Å². The van der Waals surface area contributed by atoms with Gasteiger partial charge in [0.1, 0.15) is 0 Å². The normalized spacial score (nSPS) is 15.1. The average molecular weight is 291 g/mol. The third-order valence-corrected chi connectivity index (χ3v) is 4.42. The predicted octanol–water partition coefficient (Wildman–Crippen LogP) is 1.72. The quantitative estimate of drug-likeness (QED) is 0.804. The summed E-state index contributed by atoms with van der Waals surface area (Å²) >= 11 is 1.84. The van der Waals surface area contributed by atoms with Crippen molar-refractivity contribution in [1.82, 2.24) is 25.2 Å². The van der Waals surface area contributed by atoms with Gasteiger partial charge in [-0.1, -0.05) is 11.3 Å². The zero-order valence-corrected chi connectivity index (χ0v) is 12.6. The predicted molar refractivity (Wildman–Crippen MR) is 80.5 cm³/mol. The second-order valence-corrected chi connectivity index (χ2v) is 6.32. The Labute approximate surface area is 123 Å². The van der Waals surface area contributed by atoms with Crippen LogP contribution in [0.25, 0.3) is 0 Å². The average Bonchev–Trinajstić information content (AvgIpc) is 2.98. The van der Waals surface area contributed by atoms with Gasteiger partial charge in [-0.15, -0.1) is 16.4 Å². The first kappa shape index (κ1) is 13.7. The van der Waals surface area contributed by atoms with Crippen LogP contribution >= 0.6 is 11.3 Å². The molecule has 0 unspecified atom stereocenters. The van der Waals surface area contributed by atoms with Gasteiger partial charge in [0, 0.05) is 36.8 Å². The van der Waals surface area contributed by atoms with Crippen molar-refractivity contribution in [2.45, 2.75) is 38.5 Å². The van der Waals surface area contributed by atoms with Crippen LogP contribution in [-0.4, -0.2) is 39.5 Å². The minimum absolute atomic E-state index is 0.775. The van der Waals surface area contributed by atoms with E-state index in [1.165, 1.54) is 17.7 Å². The lowest BCUT2D eigenvalue weighted by Gasteiger charge is -2.20. The molecule has 0 aromatic carbocycles. The Hall–Kier alpha value is -1.24. The molecule has 1 N–H and O–H groups in total. The van der Waals surface area contributed by atoms with E-state index in [4.69, 9.17) is 0 Å². The van der Waals surface area contributed by atoms with Crippen LogP contribution in [0.5, 0.6) is 0 Å². The van der Waals surface area contributed by atoms with Crippen LogP contribution in [0.3, 0.4) is 0 Å². The van der Waals surface area contributed by atoms with Crippen LogP contribution in [0.15, 0.2) is 23.7 Å². The molecule has 0 aliphatic heterocycles. The molecule has 1 saturated carbocycles. The second kappa shape index (κ2) is 6.47. The molecule has 3 rings (SSSR count). The molecule has 0 bridgehead atoms. The van der Waals surface area contributed by atoms with Crippen molar-refractivity contribution in [2.75, 3.05) is 13.6 Å². The Balaban J connectivity index is 1.53. The zero-order chi connectivity index (χ0) is 13.8. The molecule has 2 aromatic heterocycles. The van der Waals surface area contributed by atoms with E-state index in [-0.39, 0.29) is 0 Å². The summed E-state index contributed by atoms with van der Waals surface area (Å²) < 4.78 is 1.95. The van der Waals surface area contributed by atoms with Gasteiger partial charge in [0.15, 0.2) is 0 Å². The van der Waals surface area contributed by atoms with E-state index in [0.717, 1.165) is 37.9 Å². The summed E-state index contributed by atoms with van der Waals surface area (Å²) in [6.45, 7) is 3.81. The maximum absolute atomic E-state index is 4.19.